The zero-order chi connectivity index (χ0) is 15.6. The first-order valence-corrected chi connectivity index (χ1v) is 6.98. The molecule has 0 fully saturated rings. The Hall–Kier alpha value is -2.07. The third kappa shape index (κ3) is 3.34. The van der Waals surface area contributed by atoms with E-state index in [0.29, 0.717) is 12.1 Å². The maximum Gasteiger partial charge on any atom is 0.255 e. The number of amides is 1. The molecule has 2 aromatic carbocycles. The van der Waals surface area contributed by atoms with E-state index in [1.165, 1.54) is 0 Å². The van der Waals surface area contributed by atoms with Crippen molar-refractivity contribution in [3.63, 3.8) is 0 Å². The highest BCUT2D eigenvalue weighted by atomic mass is 16.3. The Kier molecular flexibility index (Phi) is 4.19. The van der Waals surface area contributed by atoms with Gasteiger partial charge in [0.25, 0.3) is 5.91 Å². The highest BCUT2D eigenvalue weighted by Gasteiger charge is 2.22. The van der Waals surface area contributed by atoms with E-state index < -0.39 is 0 Å². The van der Waals surface area contributed by atoms with Crippen molar-refractivity contribution >= 4 is 16.7 Å². The van der Waals surface area contributed by atoms with Crippen LogP contribution in [0.1, 0.15) is 24.2 Å². The SMILES string of the molecule is CN(C)C(C)(C)CNC(=O)c1cc2ccccc2cc1O. The quantitative estimate of drug-likeness (QED) is 0.908. The fourth-order valence-electron chi connectivity index (χ4n) is 1.96. The van der Waals surface area contributed by atoms with Gasteiger partial charge in [-0.05, 0) is 50.8 Å². The van der Waals surface area contributed by atoms with Crippen LogP contribution in [0.5, 0.6) is 5.75 Å². The number of aromatic hydroxyl groups is 1. The predicted octanol–water partition coefficient (Wildman–Crippen LogP) is 2.62. The first-order valence-electron chi connectivity index (χ1n) is 6.98. The van der Waals surface area contributed by atoms with E-state index in [1.54, 1.807) is 12.1 Å². The number of hydrogen-bond donors (Lipinski definition) is 2. The van der Waals surface area contributed by atoms with E-state index in [1.807, 2.05) is 57.1 Å². The lowest BCUT2D eigenvalue weighted by molar-refractivity contribution is 0.0917. The van der Waals surface area contributed by atoms with Gasteiger partial charge < -0.3 is 15.3 Å². The summed E-state index contributed by atoms with van der Waals surface area (Å²) in [5, 5.41) is 14.8. The van der Waals surface area contributed by atoms with Crippen molar-refractivity contribution in [1.82, 2.24) is 10.2 Å². The summed E-state index contributed by atoms with van der Waals surface area (Å²) >= 11 is 0. The molecule has 0 unspecified atom stereocenters. The van der Waals surface area contributed by atoms with E-state index >= 15 is 0 Å². The van der Waals surface area contributed by atoms with Crippen LogP contribution in [0, 0.1) is 0 Å². The first kappa shape index (κ1) is 15.3. The molecule has 2 rings (SSSR count). The number of nitrogens with one attached hydrogen (secondary N) is 1. The molecule has 0 atom stereocenters. The van der Waals surface area contributed by atoms with Gasteiger partial charge in [0.05, 0.1) is 5.56 Å². The summed E-state index contributed by atoms with van der Waals surface area (Å²) in [6, 6.07) is 11.0. The fourth-order valence-corrected chi connectivity index (χ4v) is 1.96. The molecule has 2 aromatic rings. The second kappa shape index (κ2) is 5.74. The fraction of sp³-hybridized carbons (Fsp3) is 0.353. The lowest BCUT2D eigenvalue weighted by Crippen LogP contribution is -2.48. The normalized spacial score (nSPS) is 11.9. The van der Waals surface area contributed by atoms with Crippen LogP contribution in [0.4, 0.5) is 0 Å². The molecule has 0 aromatic heterocycles. The van der Waals surface area contributed by atoms with Crippen LogP contribution in [0.15, 0.2) is 36.4 Å². The van der Waals surface area contributed by atoms with Crippen molar-refractivity contribution in [3.05, 3.63) is 42.0 Å². The summed E-state index contributed by atoms with van der Waals surface area (Å²) in [7, 11) is 3.94. The number of phenols is 1. The van der Waals surface area contributed by atoms with Gasteiger partial charge in [-0.1, -0.05) is 24.3 Å². The van der Waals surface area contributed by atoms with Crippen LogP contribution in [0.2, 0.25) is 0 Å². The molecule has 0 spiro atoms. The number of rotatable bonds is 4. The maximum atomic E-state index is 12.3. The van der Waals surface area contributed by atoms with E-state index in [0.717, 1.165) is 10.8 Å². The van der Waals surface area contributed by atoms with Gasteiger partial charge in [-0.2, -0.15) is 0 Å². The average Bonchev–Trinajstić information content (AvgIpc) is 2.44. The Bertz CT molecular complexity index is 663. The minimum absolute atomic E-state index is 0.00820. The van der Waals surface area contributed by atoms with Gasteiger partial charge in [0.1, 0.15) is 5.75 Å². The molecule has 21 heavy (non-hydrogen) atoms. The van der Waals surface area contributed by atoms with Crippen LogP contribution in [-0.2, 0) is 0 Å². The third-order valence-electron chi connectivity index (χ3n) is 4.00. The average molecular weight is 286 g/mol. The van der Waals surface area contributed by atoms with Crippen LogP contribution < -0.4 is 5.32 Å². The number of phenolic OH excluding ortho intramolecular Hbond substituents is 1. The summed E-state index contributed by atoms with van der Waals surface area (Å²) in [5.41, 5.74) is 0.158. The molecule has 2 N–H and O–H groups in total. The summed E-state index contributed by atoms with van der Waals surface area (Å²) < 4.78 is 0. The summed E-state index contributed by atoms with van der Waals surface area (Å²) in [6.07, 6.45) is 0. The molecule has 0 aliphatic rings. The zero-order valence-corrected chi connectivity index (χ0v) is 13.0. The predicted molar refractivity (Wildman–Crippen MR) is 85.7 cm³/mol. The van der Waals surface area contributed by atoms with Gasteiger partial charge in [-0.3, -0.25) is 4.79 Å². The highest BCUT2D eigenvalue weighted by molar-refractivity contribution is 6.01. The van der Waals surface area contributed by atoms with Gasteiger partial charge in [0.2, 0.25) is 0 Å². The number of nitrogens with zero attached hydrogens (tertiary/aromatic N) is 1. The summed E-state index contributed by atoms with van der Waals surface area (Å²) in [4.78, 5) is 14.3. The van der Waals surface area contributed by atoms with Crippen LogP contribution >= 0.6 is 0 Å². The van der Waals surface area contributed by atoms with Crippen molar-refractivity contribution in [1.29, 1.82) is 0 Å². The topological polar surface area (TPSA) is 52.6 Å². The largest absolute Gasteiger partial charge is 0.507 e. The number of likely N-dealkylation sites (N-methyl/N-ethyl adjacent to an activating group) is 1. The molecule has 0 saturated carbocycles. The molecular formula is C17H22N2O2. The first-order chi connectivity index (χ1) is 9.81. The van der Waals surface area contributed by atoms with Crippen molar-refractivity contribution in [3.8, 4) is 5.75 Å². The van der Waals surface area contributed by atoms with Crippen LogP contribution in [-0.4, -0.2) is 42.1 Å². The van der Waals surface area contributed by atoms with Crippen molar-refractivity contribution in [2.45, 2.75) is 19.4 Å². The third-order valence-corrected chi connectivity index (χ3v) is 4.00. The lowest BCUT2D eigenvalue weighted by Gasteiger charge is -2.32. The maximum absolute atomic E-state index is 12.3. The second-order valence-electron chi connectivity index (χ2n) is 6.11. The number of benzene rings is 2. The molecule has 0 heterocycles. The highest BCUT2D eigenvalue weighted by Crippen LogP contribution is 2.25. The molecule has 0 aliphatic carbocycles. The lowest BCUT2D eigenvalue weighted by atomic mass is 10.0. The molecule has 0 bridgehead atoms. The van der Waals surface area contributed by atoms with Crippen molar-refractivity contribution in [2.75, 3.05) is 20.6 Å². The Morgan fingerprint density at radius 1 is 1.19 bits per heavy atom. The molecule has 0 saturated heterocycles. The number of carbonyl (C=O) groups excluding carboxylic acids is 1. The Labute approximate surface area is 125 Å². The van der Waals surface area contributed by atoms with Crippen molar-refractivity contribution in [2.24, 2.45) is 0 Å². The van der Waals surface area contributed by atoms with E-state index in [-0.39, 0.29) is 17.2 Å². The van der Waals surface area contributed by atoms with Crippen molar-refractivity contribution < 1.29 is 9.90 Å². The van der Waals surface area contributed by atoms with Gasteiger partial charge in [-0.25, -0.2) is 0 Å². The van der Waals surface area contributed by atoms with Crippen LogP contribution in [0.25, 0.3) is 10.8 Å². The Balaban J connectivity index is 2.21. The summed E-state index contributed by atoms with van der Waals surface area (Å²) in [5.74, 6) is -0.248. The second-order valence-corrected chi connectivity index (χ2v) is 6.11. The number of carbonyl (C=O) groups is 1. The molecule has 0 aliphatic heterocycles. The van der Waals surface area contributed by atoms with E-state index in [9.17, 15) is 9.90 Å². The smallest absolute Gasteiger partial charge is 0.255 e. The zero-order valence-electron chi connectivity index (χ0n) is 13.0. The van der Waals surface area contributed by atoms with E-state index in [4.69, 9.17) is 0 Å². The summed E-state index contributed by atoms with van der Waals surface area (Å²) in [6.45, 7) is 4.60. The number of hydrogen-bond acceptors (Lipinski definition) is 3. The monoisotopic (exact) mass is 286 g/mol. The molecular weight excluding hydrogens is 264 g/mol. The number of fused-ring (bicyclic) bond motifs is 1. The van der Waals surface area contributed by atoms with Gasteiger partial charge in [-0.15, -0.1) is 0 Å². The Morgan fingerprint density at radius 3 is 2.33 bits per heavy atom. The van der Waals surface area contributed by atoms with Gasteiger partial charge in [0, 0.05) is 12.1 Å². The molecule has 0 radical (unpaired) electrons. The molecule has 1 amide bonds. The minimum atomic E-state index is -0.256. The standard InChI is InChI=1S/C17H22N2O2/c1-17(2,19(3)4)11-18-16(21)14-9-12-7-5-6-8-13(12)10-15(14)20/h5-10,20H,11H2,1-4H3,(H,18,21). The molecule has 4 nitrogen and oxygen atoms in total. The van der Waals surface area contributed by atoms with Gasteiger partial charge >= 0.3 is 0 Å². The molecule has 112 valence electrons. The minimum Gasteiger partial charge on any atom is -0.507 e. The van der Waals surface area contributed by atoms with E-state index in [2.05, 4.69) is 5.32 Å². The van der Waals surface area contributed by atoms with Crippen LogP contribution in [0.3, 0.4) is 0 Å². The van der Waals surface area contributed by atoms with Gasteiger partial charge in [0.15, 0.2) is 0 Å². The Morgan fingerprint density at radius 2 is 1.76 bits per heavy atom. The molecule has 4 heteroatoms.